The van der Waals surface area contributed by atoms with Gasteiger partial charge in [-0.05, 0) is 30.9 Å². The van der Waals surface area contributed by atoms with Crippen LogP contribution in [0.1, 0.15) is 43.8 Å². The van der Waals surface area contributed by atoms with Gasteiger partial charge in [0.1, 0.15) is 18.7 Å². The van der Waals surface area contributed by atoms with E-state index >= 15 is 0 Å². The number of aliphatic hydroxyl groups is 1. The molecule has 1 saturated carbocycles. The molecule has 0 aromatic carbocycles. The first-order chi connectivity index (χ1) is 15.9. The molecule has 0 saturated heterocycles. The normalized spacial score (nSPS) is 15.8. The van der Waals surface area contributed by atoms with E-state index in [2.05, 4.69) is 35.7 Å². The molecule has 0 bridgehead atoms. The topological polar surface area (TPSA) is 102 Å². The van der Waals surface area contributed by atoms with Gasteiger partial charge in [-0.15, -0.1) is 0 Å². The molecule has 1 fully saturated rings. The largest absolute Gasteiger partial charge is 0.390 e. The van der Waals surface area contributed by atoms with Crippen LogP contribution < -0.4 is 0 Å². The van der Waals surface area contributed by atoms with Crippen molar-refractivity contribution in [1.29, 1.82) is 5.26 Å². The molecule has 3 aromatic rings. The van der Waals surface area contributed by atoms with Crippen molar-refractivity contribution < 1.29 is 9.84 Å². The fourth-order valence-electron chi connectivity index (χ4n) is 4.69. The molecule has 3 aromatic heterocycles. The lowest BCUT2D eigenvalue weighted by molar-refractivity contribution is 0.0899. The van der Waals surface area contributed by atoms with Gasteiger partial charge < -0.3 is 14.4 Å². The van der Waals surface area contributed by atoms with Crippen LogP contribution in [0, 0.1) is 17.2 Å². The average Bonchev–Trinajstić information content (AvgIpc) is 3.54. The van der Waals surface area contributed by atoms with Crippen molar-refractivity contribution in [3.05, 3.63) is 30.5 Å². The van der Waals surface area contributed by atoms with E-state index in [1.165, 1.54) is 12.8 Å². The molecule has 1 aliphatic rings. The van der Waals surface area contributed by atoms with Crippen molar-refractivity contribution in [3.8, 4) is 17.3 Å². The summed E-state index contributed by atoms with van der Waals surface area (Å²) in [5.74, 6) is 0.448. The highest BCUT2D eigenvalue weighted by Crippen LogP contribution is 2.37. The van der Waals surface area contributed by atoms with Gasteiger partial charge in [0, 0.05) is 38.0 Å². The van der Waals surface area contributed by atoms with E-state index in [1.807, 2.05) is 27.7 Å². The molecule has 1 unspecified atom stereocenters. The number of hydrogen-bond acceptors (Lipinski definition) is 6. The van der Waals surface area contributed by atoms with Crippen LogP contribution in [0.25, 0.3) is 22.3 Å². The molecule has 1 aliphatic carbocycles. The summed E-state index contributed by atoms with van der Waals surface area (Å²) in [4.78, 5) is 9.05. The molecule has 4 rings (SSSR count). The molecule has 1 atom stereocenters. The van der Waals surface area contributed by atoms with Gasteiger partial charge in [-0.3, -0.25) is 4.68 Å². The lowest BCUT2D eigenvalue weighted by Gasteiger charge is -2.21. The van der Waals surface area contributed by atoms with Crippen LogP contribution in [-0.2, 0) is 18.1 Å². The number of nitriles is 1. The molecule has 0 radical (unpaired) electrons. The summed E-state index contributed by atoms with van der Waals surface area (Å²) in [6, 6.07) is 5.47. The SMILES string of the molecule is C[Si](C)(C)CCOCn1ccc2c(-c3cn(C(CC#N)C4CCCC4)nc3CO)ncnc21. The summed E-state index contributed by atoms with van der Waals surface area (Å²) in [5, 5.41) is 25.1. The van der Waals surface area contributed by atoms with Gasteiger partial charge in [0.25, 0.3) is 0 Å². The predicted molar refractivity (Wildman–Crippen MR) is 130 cm³/mol. The van der Waals surface area contributed by atoms with Gasteiger partial charge in [-0.25, -0.2) is 9.97 Å². The Bertz CT molecular complexity index is 1120. The highest BCUT2D eigenvalue weighted by Gasteiger charge is 2.28. The summed E-state index contributed by atoms with van der Waals surface area (Å²) >= 11 is 0. The summed E-state index contributed by atoms with van der Waals surface area (Å²) in [6.07, 6.45) is 10.5. The molecule has 0 spiro atoms. The second kappa shape index (κ2) is 10.2. The number of aliphatic hydroxyl groups excluding tert-OH is 1. The van der Waals surface area contributed by atoms with Gasteiger partial charge in [-0.1, -0.05) is 32.5 Å². The fraction of sp³-hybridized carbons (Fsp3) is 0.583. The Morgan fingerprint density at radius 3 is 2.76 bits per heavy atom. The lowest BCUT2D eigenvalue weighted by Crippen LogP contribution is -2.22. The van der Waals surface area contributed by atoms with Crippen molar-refractivity contribution in [2.45, 2.75) is 77.2 Å². The van der Waals surface area contributed by atoms with Crippen LogP contribution in [-0.4, -0.2) is 44.1 Å². The molecule has 1 N–H and O–H groups in total. The van der Waals surface area contributed by atoms with E-state index in [0.29, 0.717) is 24.8 Å². The van der Waals surface area contributed by atoms with E-state index in [1.54, 1.807) is 6.33 Å². The van der Waals surface area contributed by atoms with Gasteiger partial charge in [0.2, 0.25) is 0 Å². The van der Waals surface area contributed by atoms with Gasteiger partial charge in [0.15, 0.2) is 0 Å². The third kappa shape index (κ3) is 5.35. The van der Waals surface area contributed by atoms with Crippen LogP contribution in [0.2, 0.25) is 25.7 Å². The van der Waals surface area contributed by atoms with Gasteiger partial charge in [0.05, 0.1) is 36.5 Å². The standard InChI is InChI=1S/C24H34N6O2Si/c1-33(2,3)13-12-32-17-29-11-9-19-23(26-16-27-24(19)29)20-14-30(28-21(20)15-31)22(8-10-25)18-6-4-5-7-18/h9,11,14,16,18,22,31H,4-8,12-13,15,17H2,1-3H3. The second-order valence-corrected chi connectivity index (χ2v) is 15.8. The highest BCUT2D eigenvalue weighted by atomic mass is 28.3. The van der Waals surface area contributed by atoms with E-state index in [0.717, 1.165) is 47.8 Å². The Balaban J connectivity index is 1.62. The molecule has 0 amide bonds. The first-order valence-electron chi connectivity index (χ1n) is 11.8. The Labute approximate surface area is 196 Å². The maximum atomic E-state index is 10.1. The maximum absolute atomic E-state index is 10.1. The minimum absolute atomic E-state index is 0.0262. The number of hydrogen-bond donors (Lipinski definition) is 1. The van der Waals surface area contributed by atoms with E-state index in [9.17, 15) is 10.4 Å². The lowest BCUT2D eigenvalue weighted by atomic mass is 9.96. The fourth-order valence-corrected chi connectivity index (χ4v) is 5.45. The van der Waals surface area contributed by atoms with Crippen molar-refractivity contribution in [2.75, 3.05) is 6.61 Å². The Morgan fingerprint density at radius 2 is 2.06 bits per heavy atom. The van der Waals surface area contributed by atoms with Crippen molar-refractivity contribution in [1.82, 2.24) is 24.3 Å². The smallest absolute Gasteiger partial charge is 0.145 e. The highest BCUT2D eigenvalue weighted by molar-refractivity contribution is 6.76. The van der Waals surface area contributed by atoms with E-state index in [4.69, 9.17) is 9.84 Å². The van der Waals surface area contributed by atoms with Crippen molar-refractivity contribution in [3.63, 3.8) is 0 Å². The van der Waals surface area contributed by atoms with Crippen LogP contribution in [0.15, 0.2) is 24.8 Å². The minimum atomic E-state index is -1.13. The molecule has 33 heavy (non-hydrogen) atoms. The molecule has 0 aliphatic heterocycles. The molecular formula is C24H34N6O2Si. The average molecular weight is 467 g/mol. The zero-order valence-electron chi connectivity index (χ0n) is 19.9. The van der Waals surface area contributed by atoms with E-state index < -0.39 is 8.07 Å². The van der Waals surface area contributed by atoms with Crippen molar-refractivity contribution >= 4 is 19.1 Å². The third-order valence-electron chi connectivity index (χ3n) is 6.58. The first kappa shape index (κ1) is 23.6. The second-order valence-electron chi connectivity index (χ2n) is 10.2. The number of aromatic nitrogens is 5. The zero-order valence-corrected chi connectivity index (χ0v) is 20.9. The molecule has 3 heterocycles. The van der Waals surface area contributed by atoms with E-state index in [-0.39, 0.29) is 12.6 Å². The summed E-state index contributed by atoms with van der Waals surface area (Å²) in [7, 11) is -1.13. The maximum Gasteiger partial charge on any atom is 0.145 e. The summed E-state index contributed by atoms with van der Waals surface area (Å²) < 4.78 is 9.81. The van der Waals surface area contributed by atoms with Crippen LogP contribution in [0.4, 0.5) is 0 Å². The number of ether oxygens (including phenoxy) is 1. The monoisotopic (exact) mass is 466 g/mol. The number of rotatable bonds is 10. The van der Waals surface area contributed by atoms with Crippen LogP contribution in [0.3, 0.4) is 0 Å². The third-order valence-corrected chi connectivity index (χ3v) is 8.28. The predicted octanol–water partition coefficient (Wildman–Crippen LogP) is 4.74. The van der Waals surface area contributed by atoms with Crippen molar-refractivity contribution in [2.24, 2.45) is 5.92 Å². The Morgan fingerprint density at radius 1 is 1.27 bits per heavy atom. The summed E-state index contributed by atoms with van der Waals surface area (Å²) in [5.41, 5.74) is 2.92. The Kier molecular flexibility index (Phi) is 7.27. The summed E-state index contributed by atoms with van der Waals surface area (Å²) in [6.45, 7) is 8.03. The molecule has 9 heteroatoms. The van der Waals surface area contributed by atoms with Crippen LogP contribution in [0.5, 0.6) is 0 Å². The Hall–Kier alpha value is -2.54. The molecule has 8 nitrogen and oxygen atoms in total. The quantitative estimate of drug-likeness (QED) is 0.342. The minimum Gasteiger partial charge on any atom is -0.390 e. The zero-order chi connectivity index (χ0) is 23.4. The van der Waals surface area contributed by atoms with Gasteiger partial charge in [-0.2, -0.15) is 10.4 Å². The first-order valence-corrected chi connectivity index (χ1v) is 15.6. The number of fused-ring (bicyclic) bond motifs is 1. The van der Waals surface area contributed by atoms with Gasteiger partial charge >= 0.3 is 0 Å². The molecular weight excluding hydrogens is 432 g/mol. The molecule has 176 valence electrons. The number of nitrogens with zero attached hydrogens (tertiary/aromatic N) is 6. The van der Waals surface area contributed by atoms with Crippen LogP contribution >= 0.6 is 0 Å².